The number of hydrogen-bond acceptors (Lipinski definition) is 4. The predicted molar refractivity (Wildman–Crippen MR) is 108 cm³/mol. The Kier molecular flexibility index (Phi) is 9.70. The Bertz CT molecular complexity index is 574. The van der Waals surface area contributed by atoms with Gasteiger partial charge in [-0.1, -0.05) is 13.8 Å². The van der Waals surface area contributed by atoms with Crippen LogP contribution in [-0.2, 0) is 6.54 Å². The maximum atomic E-state index is 5.53. The predicted octanol–water partition coefficient (Wildman–Crippen LogP) is 3.59. The highest BCUT2D eigenvalue weighted by molar-refractivity contribution is 5.80. The summed E-state index contributed by atoms with van der Waals surface area (Å²) in [5.41, 5.74) is 0.942. The number of aliphatic imine (C=N–C) groups is 1. The van der Waals surface area contributed by atoms with Gasteiger partial charge < -0.3 is 24.8 Å². The summed E-state index contributed by atoms with van der Waals surface area (Å²) >= 11 is 0. The Morgan fingerprint density at radius 1 is 1.00 bits per heavy atom. The molecule has 1 unspecified atom stereocenters. The van der Waals surface area contributed by atoms with Crippen molar-refractivity contribution in [1.82, 2.24) is 10.6 Å². The van der Waals surface area contributed by atoms with Crippen molar-refractivity contribution in [3.63, 3.8) is 0 Å². The minimum Gasteiger partial charge on any atom is -0.493 e. The van der Waals surface area contributed by atoms with Gasteiger partial charge in [0.25, 0.3) is 0 Å². The molecule has 0 bridgehead atoms. The van der Waals surface area contributed by atoms with Gasteiger partial charge in [0.05, 0.1) is 27.9 Å². The normalized spacial score (nSPS) is 12.7. The van der Waals surface area contributed by atoms with Gasteiger partial charge in [-0.25, -0.2) is 4.99 Å². The van der Waals surface area contributed by atoms with Crippen LogP contribution >= 0.6 is 0 Å². The molecule has 0 spiro atoms. The van der Waals surface area contributed by atoms with Gasteiger partial charge in [0.1, 0.15) is 0 Å². The molecule has 0 heterocycles. The van der Waals surface area contributed by atoms with Gasteiger partial charge in [0.2, 0.25) is 5.75 Å². The van der Waals surface area contributed by atoms with E-state index in [2.05, 4.69) is 38.3 Å². The Morgan fingerprint density at radius 2 is 1.69 bits per heavy atom. The van der Waals surface area contributed by atoms with Crippen LogP contribution in [0.25, 0.3) is 0 Å². The molecular formula is C20H35N3O3. The van der Waals surface area contributed by atoms with Crippen LogP contribution in [0.2, 0.25) is 0 Å². The van der Waals surface area contributed by atoms with Crippen LogP contribution < -0.4 is 24.8 Å². The molecular weight excluding hydrogens is 330 g/mol. The van der Waals surface area contributed by atoms with E-state index in [1.807, 2.05) is 12.1 Å². The van der Waals surface area contributed by atoms with E-state index in [1.165, 1.54) is 6.42 Å². The highest BCUT2D eigenvalue weighted by Gasteiger charge is 2.15. The highest BCUT2D eigenvalue weighted by Crippen LogP contribution is 2.39. The lowest BCUT2D eigenvalue weighted by molar-refractivity contribution is 0.322. The SMILES string of the molecule is CCNC(=NCc1ccc(OC)c(OC)c1OC)NC(C)CCC(C)C. The van der Waals surface area contributed by atoms with Crippen molar-refractivity contribution in [2.24, 2.45) is 10.9 Å². The Morgan fingerprint density at radius 3 is 2.23 bits per heavy atom. The first-order valence-electron chi connectivity index (χ1n) is 9.29. The van der Waals surface area contributed by atoms with E-state index in [4.69, 9.17) is 19.2 Å². The van der Waals surface area contributed by atoms with Gasteiger partial charge >= 0.3 is 0 Å². The van der Waals surface area contributed by atoms with Crippen molar-refractivity contribution in [3.05, 3.63) is 17.7 Å². The number of benzene rings is 1. The summed E-state index contributed by atoms with van der Waals surface area (Å²) in [4.78, 5) is 4.71. The summed E-state index contributed by atoms with van der Waals surface area (Å²) in [5, 5.41) is 6.78. The second kappa shape index (κ2) is 11.5. The van der Waals surface area contributed by atoms with E-state index in [-0.39, 0.29) is 0 Å². The number of methoxy groups -OCH3 is 3. The topological polar surface area (TPSA) is 64.1 Å². The molecule has 0 aliphatic carbocycles. The third kappa shape index (κ3) is 6.65. The molecule has 6 heteroatoms. The molecule has 0 saturated heterocycles. The first kappa shape index (κ1) is 21.9. The second-order valence-electron chi connectivity index (χ2n) is 6.71. The summed E-state index contributed by atoms with van der Waals surface area (Å²) in [6, 6.07) is 4.19. The number of rotatable bonds is 10. The summed E-state index contributed by atoms with van der Waals surface area (Å²) in [7, 11) is 4.85. The molecule has 26 heavy (non-hydrogen) atoms. The first-order chi connectivity index (χ1) is 12.5. The van der Waals surface area contributed by atoms with E-state index in [9.17, 15) is 0 Å². The molecule has 0 aliphatic rings. The smallest absolute Gasteiger partial charge is 0.203 e. The molecule has 148 valence electrons. The van der Waals surface area contributed by atoms with Crippen molar-refractivity contribution < 1.29 is 14.2 Å². The first-order valence-corrected chi connectivity index (χ1v) is 9.29. The van der Waals surface area contributed by atoms with E-state index in [0.29, 0.717) is 35.8 Å². The van der Waals surface area contributed by atoms with Gasteiger partial charge in [0.15, 0.2) is 17.5 Å². The van der Waals surface area contributed by atoms with Crippen LogP contribution in [0, 0.1) is 5.92 Å². The third-order valence-corrected chi connectivity index (χ3v) is 4.10. The van der Waals surface area contributed by atoms with Crippen molar-refractivity contribution in [3.8, 4) is 17.2 Å². The molecule has 1 atom stereocenters. The summed E-state index contributed by atoms with van der Waals surface area (Å²) in [5.74, 6) is 3.39. The molecule has 0 aliphatic heterocycles. The fourth-order valence-electron chi connectivity index (χ4n) is 2.66. The highest BCUT2D eigenvalue weighted by atomic mass is 16.5. The second-order valence-corrected chi connectivity index (χ2v) is 6.71. The minimum atomic E-state index is 0.363. The average Bonchev–Trinajstić information content (AvgIpc) is 2.63. The average molecular weight is 366 g/mol. The monoisotopic (exact) mass is 365 g/mol. The summed E-state index contributed by atoms with van der Waals surface area (Å²) in [6.45, 7) is 10.0. The largest absolute Gasteiger partial charge is 0.493 e. The van der Waals surface area contributed by atoms with Crippen molar-refractivity contribution in [2.75, 3.05) is 27.9 Å². The van der Waals surface area contributed by atoms with Gasteiger partial charge in [-0.2, -0.15) is 0 Å². The van der Waals surface area contributed by atoms with Crippen LogP contribution in [-0.4, -0.2) is 39.9 Å². The van der Waals surface area contributed by atoms with Crippen LogP contribution in [0.1, 0.15) is 46.1 Å². The lowest BCUT2D eigenvalue weighted by Crippen LogP contribution is -2.42. The fourth-order valence-corrected chi connectivity index (χ4v) is 2.66. The van der Waals surface area contributed by atoms with Gasteiger partial charge in [-0.3, -0.25) is 0 Å². The van der Waals surface area contributed by atoms with Crippen LogP contribution in [0.5, 0.6) is 17.2 Å². The molecule has 6 nitrogen and oxygen atoms in total. The molecule has 1 aromatic carbocycles. The molecule has 2 N–H and O–H groups in total. The minimum absolute atomic E-state index is 0.363. The van der Waals surface area contributed by atoms with E-state index in [0.717, 1.165) is 24.5 Å². The van der Waals surface area contributed by atoms with Crippen molar-refractivity contribution in [1.29, 1.82) is 0 Å². The number of nitrogens with one attached hydrogen (secondary N) is 2. The van der Waals surface area contributed by atoms with Gasteiger partial charge in [-0.05, 0) is 44.7 Å². The van der Waals surface area contributed by atoms with Crippen molar-refractivity contribution in [2.45, 2.75) is 53.1 Å². The zero-order valence-corrected chi connectivity index (χ0v) is 17.3. The zero-order chi connectivity index (χ0) is 19.5. The molecule has 0 amide bonds. The van der Waals surface area contributed by atoms with Crippen LogP contribution in [0.3, 0.4) is 0 Å². The molecule has 0 radical (unpaired) electrons. The summed E-state index contributed by atoms with van der Waals surface area (Å²) < 4.78 is 16.3. The Hall–Kier alpha value is -2.11. The molecule has 0 saturated carbocycles. The standard InChI is InChI=1S/C20H35N3O3/c1-8-21-20(23-15(4)10-9-14(2)3)22-13-16-11-12-17(24-5)19(26-7)18(16)25-6/h11-12,14-15H,8-10,13H2,1-7H3,(H2,21,22,23). The zero-order valence-electron chi connectivity index (χ0n) is 17.3. The number of nitrogens with zero attached hydrogens (tertiary/aromatic N) is 1. The molecule has 0 aromatic heterocycles. The summed E-state index contributed by atoms with van der Waals surface area (Å²) in [6.07, 6.45) is 2.30. The van der Waals surface area contributed by atoms with Gasteiger partial charge in [0, 0.05) is 18.2 Å². The Labute approximate surface area is 158 Å². The lowest BCUT2D eigenvalue weighted by Gasteiger charge is -2.19. The van der Waals surface area contributed by atoms with Crippen LogP contribution in [0.15, 0.2) is 17.1 Å². The van der Waals surface area contributed by atoms with E-state index >= 15 is 0 Å². The van der Waals surface area contributed by atoms with Crippen LogP contribution in [0.4, 0.5) is 0 Å². The Balaban J connectivity index is 2.92. The fraction of sp³-hybridized carbons (Fsp3) is 0.650. The van der Waals surface area contributed by atoms with E-state index < -0.39 is 0 Å². The molecule has 1 aromatic rings. The maximum Gasteiger partial charge on any atom is 0.203 e. The lowest BCUT2D eigenvalue weighted by atomic mass is 10.0. The molecule has 0 fully saturated rings. The quantitative estimate of drug-likeness (QED) is 0.490. The third-order valence-electron chi connectivity index (χ3n) is 4.10. The maximum absolute atomic E-state index is 5.53. The number of guanidine groups is 1. The number of ether oxygens (including phenoxy) is 3. The number of hydrogen-bond donors (Lipinski definition) is 2. The molecule has 1 rings (SSSR count). The van der Waals surface area contributed by atoms with Gasteiger partial charge in [-0.15, -0.1) is 0 Å². The van der Waals surface area contributed by atoms with Crippen molar-refractivity contribution >= 4 is 5.96 Å². The van der Waals surface area contributed by atoms with E-state index in [1.54, 1.807) is 21.3 Å².